The van der Waals surface area contributed by atoms with Crippen molar-refractivity contribution in [2.75, 3.05) is 6.61 Å². The van der Waals surface area contributed by atoms with Gasteiger partial charge in [-0.2, -0.15) is 0 Å². The first-order valence-corrected chi connectivity index (χ1v) is 7.93. The van der Waals surface area contributed by atoms with Crippen LogP contribution in [0.15, 0.2) is 48.5 Å². The zero-order valence-corrected chi connectivity index (χ0v) is 13.6. The molecule has 2 aromatic rings. The summed E-state index contributed by atoms with van der Waals surface area (Å²) in [5.41, 5.74) is 2.40. The number of nitrogens with one attached hydrogen (secondary N) is 1. The predicted octanol–water partition coefficient (Wildman–Crippen LogP) is 4.02. The SMILES string of the molecule is CCOc1ccccc1C(CC)NCc1cccc(C(=O)O)c1. The molecule has 0 spiro atoms. The van der Waals surface area contributed by atoms with E-state index in [1.54, 1.807) is 18.2 Å². The lowest BCUT2D eigenvalue weighted by atomic mass is 10.0. The van der Waals surface area contributed by atoms with Crippen LogP contribution in [-0.2, 0) is 6.54 Å². The molecule has 0 radical (unpaired) electrons. The van der Waals surface area contributed by atoms with Crippen molar-refractivity contribution in [3.05, 3.63) is 65.2 Å². The normalized spacial score (nSPS) is 11.9. The van der Waals surface area contributed by atoms with E-state index in [1.807, 2.05) is 31.2 Å². The molecule has 23 heavy (non-hydrogen) atoms. The van der Waals surface area contributed by atoms with Crippen molar-refractivity contribution in [3.63, 3.8) is 0 Å². The van der Waals surface area contributed by atoms with Gasteiger partial charge >= 0.3 is 5.97 Å². The summed E-state index contributed by atoms with van der Waals surface area (Å²) in [5.74, 6) is -0.00535. The van der Waals surface area contributed by atoms with Crippen LogP contribution in [0.5, 0.6) is 5.75 Å². The molecule has 0 heterocycles. The zero-order valence-electron chi connectivity index (χ0n) is 13.6. The van der Waals surface area contributed by atoms with Crippen LogP contribution in [0.1, 0.15) is 47.8 Å². The fourth-order valence-electron chi connectivity index (χ4n) is 2.58. The van der Waals surface area contributed by atoms with Crippen molar-refractivity contribution < 1.29 is 14.6 Å². The van der Waals surface area contributed by atoms with Gasteiger partial charge in [-0.3, -0.25) is 0 Å². The highest BCUT2D eigenvalue weighted by Crippen LogP contribution is 2.27. The molecule has 0 amide bonds. The molecular formula is C19H23NO3. The molecule has 2 rings (SSSR count). The Balaban J connectivity index is 2.11. The second-order valence-corrected chi connectivity index (χ2v) is 5.32. The van der Waals surface area contributed by atoms with E-state index in [1.165, 1.54) is 0 Å². The second-order valence-electron chi connectivity index (χ2n) is 5.32. The van der Waals surface area contributed by atoms with Crippen molar-refractivity contribution in [2.45, 2.75) is 32.9 Å². The number of aromatic carboxylic acids is 1. The van der Waals surface area contributed by atoms with Crippen LogP contribution in [-0.4, -0.2) is 17.7 Å². The number of hydrogen-bond acceptors (Lipinski definition) is 3. The van der Waals surface area contributed by atoms with E-state index in [0.29, 0.717) is 18.7 Å². The third-order valence-corrected chi connectivity index (χ3v) is 3.73. The molecule has 2 N–H and O–H groups in total. The van der Waals surface area contributed by atoms with Gasteiger partial charge in [0, 0.05) is 18.2 Å². The minimum Gasteiger partial charge on any atom is -0.494 e. The lowest BCUT2D eigenvalue weighted by Crippen LogP contribution is -2.21. The Morgan fingerprint density at radius 1 is 1.17 bits per heavy atom. The Morgan fingerprint density at radius 2 is 1.96 bits per heavy atom. The Bertz CT molecular complexity index is 655. The van der Waals surface area contributed by atoms with Crippen LogP contribution in [0.2, 0.25) is 0 Å². The quantitative estimate of drug-likeness (QED) is 0.772. The molecule has 0 saturated carbocycles. The van der Waals surface area contributed by atoms with Gasteiger partial charge in [0.1, 0.15) is 5.75 Å². The fraction of sp³-hybridized carbons (Fsp3) is 0.316. The Hall–Kier alpha value is -2.33. The van der Waals surface area contributed by atoms with E-state index >= 15 is 0 Å². The van der Waals surface area contributed by atoms with Gasteiger partial charge in [-0.1, -0.05) is 37.3 Å². The monoisotopic (exact) mass is 313 g/mol. The highest BCUT2D eigenvalue weighted by Gasteiger charge is 2.14. The zero-order chi connectivity index (χ0) is 16.7. The summed E-state index contributed by atoms with van der Waals surface area (Å²) in [6.07, 6.45) is 0.919. The molecule has 4 heteroatoms. The molecule has 0 aliphatic carbocycles. The van der Waals surface area contributed by atoms with Crippen molar-refractivity contribution in [3.8, 4) is 5.75 Å². The number of para-hydroxylation sites is 1. The van der Waals surface area contributed by atoms with Crippen LogP contribution < -0.4 is 10.1 Å². The highest BCUT2D eigenvalue weighted by molar-refractivity contribution is 5.87. The molecule has 0 aliphatic heterocycles. The average molecular weight is 313 g/mol. The number of ether oxygens (including phenoxy) is 1. The first kappa shape index (κ1) is 17.0. The van der Waals surface area contributed by atoms with Crippen LogP contribution in [0.3, 0.4) is 0 Å². The number of hydrogen-bond donors (Lipinski definition) is 2. The predicted molar refractivity (Wildman–Crippen MR) is 90.9 cm³/mol. The summed E-state index contributed by atoms with van der Waals surface area (Å²) in [6, 6.07) is 15.2. The topological polar surface area (TPSA) is 58.6 Å². The summed E-state index contributed by atoms with van der Waals surface area (Å²) in [4.78, 5) is 11.0. The molecule has 0 aromatic heterocycles. The van der Waals surface area contributed by atoms with Gasteiger partial charge in [-0.05, 0) is 37.1 Å². The van der Waals surface area contributed by atoms with E-state index in [4.69, 9.17) is 9.84 Å². The summed E-state index contributed by atoms with van der Waals surface area (Å²) in [7, 11) is 0. The molecule has 1 unspecified atom stereocenters. The molecular weight excluding hydrogens is 290 g/mol. The third kappa shape index (κ3) is 4.57. The average Bonchev–Trinajstić information content (AvgIpc) is 2.57. The van der Waals surface area contributed by atoms with E-state index < -0.39 is 5.97 Å². The molecule has 0 fully saturated rings. The molecule has 1 atom stereocenters. The lowest BCUT2D eigenvalue weighted by Gasteiger charge is -2.20. The Morgan fingerprint density at radius 3 is 2.65 bits per heavy atom. The third-order valence-electron chi connectivity index (χ3n) is 3.73. The smallest absolute Gasteiger partial charge is 0.335 e. The largest absolute Gasteiger partial charge is 0.494 e. The van der Waals surface area contributed by atoms with E-state index in [0.717, 1.165) is 23.3 Å². The summed E-state index contributed by atoms with van der Waals surface area (Å²) in [5, 5.41) is 12.6. The van der Waals surface area contributed by atoms with Crippen molar-refractivity contribution in [1.29, 1.82) is 0 Å². The maximum absolute atomic E-state index is 11.0. The standard InChI is InChI=1S/C19H23NO3/c1-3-17(16-10-5-6-11-18(16)23-4-2)20-13-14-8-7-9-15(12-14)19(21)22/h5-12,17,20H,3-4,13H2,1-2H3,(H,21,22). The van der Waals surface area contributed by atoms with Crippen LogP contribution in [0.4, 0.5) is 0 Å². The van der Waals surface area contributed by atoms with Crippen molar-refractivity contribution >= 4 is 5.97 Å². The Labute approximate surface area is 137 Å². The number of carboxylic acid groups (broad SMARTS) is 1. The van der Waals surface area contributed by atoms with E-state index in [9.17, 15) is 4.79 Å². The van der Waals surface area contributed by atoms with Gasteiger partial charge in [0.2, 0.25) is 0 Å². The summed E-state index contributed by atoms with van der Waals surface area (Å²) in [6.45, 7) is 5.34. The summed E-state index contributed by atoms with van der Waals surface area (Å²) < 4.78 is 5.70. The maximum atomic E-state index is 11.0. The van der Waals surface area contributed by atoms with Gasteiger partial charge in [0.05, 0.1) is 12.2 Å². The number of carboxylic acids is 1. The molecule has 0 aliphatic rings. The first-order valence-electron chi connectivity index (χ1n) is 7.93. The van der Waals surface area contributed by atoms with Gasteiger partial charge in [0.25, 0.3) is 0 Å². The molecule has 0 saturated heterocycles. The van der Waals surface area contributed by atoms with Crippen LogP contribution in [0, 0.1) is 0 Å². The molecule has 122 valence electrons. The van der Waals surface area contributed by atoms with Gasteiger partial charge < -0.3 is 15.2 Å². The Kier molecular flexibility index (Phi) is 6.18. The van der Waals surface area contributed by atoms with E-state index in [2.05, 4.69) is 18.3 Å². The van der Waals surface area contributed by atoms with Crippen molar-refractivity contribution in [2.24, 2.45) is 0 Å². The number of rotatable bonds is 8. The second kappa shape index (κ2) is 8.34. The van der Waals surface area contributed by atoms with Gasteiger partial charge in [0.15, 0.2) is 0 Å². The molecule has 2 aromatic carbocycles. The molecule has 4 nitrogen and oxygen atoms in total. The van der Waals surface area contributed by atoms with E-state index in [-0.39, 0.29) is 6.04 Å². The van der Waals surface area contributed by atoms with Crippen molar-refractivity contribution in [1.82, 2.24) is 5.32 Å². The first-order chi connectivity index (χ1) is 11.2. The number of carbonyl (C=O) groups is 1. The minimum absolute atomic E-state index is 0.159. The number of benzene rings is 2. The van der Waals surface area contributed by atoms with Gasteiger partial charge in [-0.25, -0.2) is 4.79 Å². The summed E-state index contributed by atoms with van der Waals surface area (Å²) >= 11 is 0. The minimum atomic E-state index is -0.902. The highest BCUT2D eigenvalue weighted by atomic mass is 16.5. The fourth-order valence-corrected chi connectivity index (χ4v) is 2.58. The van der Waals surface area contributed by atoms with Crippen LogP contribution >= 0.6 is 0 Å². The maximum Gasteiger partial charge on any atom is 0.335 e. The molecule has 0 bridgehead atoms. The lowest BCUT2D eigenvalue weighted by molar-refractivity contribution is 0.0696. The van der Waals surface area contributed by atoms with Crippen LogP contribution in [0.25, 0.3) is 0 Å². The van der Waals surface area contributed by atoms with Gasteiger partial charge in [-0.15, -0.1) is 0 Å².